The number of carbonyl (C=O) groups excluding carboxylic acids is 1. The van der Waals surface area contributed by atoms with Crippen molar-refractivity contribution in [3.63, 3.8) is 0 Å². The van der Waals surface area contributed by atoms with Gasteiger partial charge < -0.3 is 4.74 Å². The van der Waals surface area contributed by atoms with E-state index in [1.54, 1.807) is 0 Å². The number of halogens is 2. The Labute approximate surface area is 126 Å². The zero-order valence-corrected chi connectivity index (χ0v) is 11.8. The molecule has 0 radical (unpaired) electrons. The van der Waals surface area contributed by atoms with E-state index in [-0.39, 0.29) is 18.2 Å². The molecule has 0 fully saturated rings. The Morgan fingerprint density at radius 3 is 2.67 bits per heavy atom. The van der Waals surface area contributed by atoms with E-state index in [1.807, 2.05) is 30.3 Å². The number of rotatable bonds is 6. The van der Waals surface area contributed by atoms with E-state index in [0.717, 1.165) is 5.56 Å². The molecular formula is C15H13ClFNO3. The molecule has 0 saturated heterocycles. The molecule has 1 N–H and O–H groups in total. The molecule has 0 saturated carbocycles. The zero-order chi connectivity index (χ0) is 15.1. The molecule has 0 spiro atoms. The molecule has 0 atom stereocenters. The summed E-state index contributed by atoms with van der Waals surface area (Å²) in [5.41, 5.74) is 3.19. The highest BCUT2D eigenvalue weighted by Gasteiger charge is 2.05. The second kappa shape index (κ2) is 7.61. The highest BCUT2D eigenvalue weighted by molar-refractivity contribution is 6.30. The Hall–Kier alpha value is -2.11. The molecule has 2 aromatic carbocycles. The van der Waals surface area contributed by atoms with Gasteiger partial charge in [0.1, 0.15) is 11.6 Å². The number of nitrogens with one attached hydrogen (secondary N) is 1. The van der Waals surface area contributed by atoms with Gasteiger partial charge in [-0.05, 0) is 17.7 Å². The van der Waals surface area contributed by atoms with Gasteiger partial charge in [0.05, 0.1) is 11.6 Å². The summed E-state index contributed by atoms with van der Waals surface area (Å²) >= 11 is 5.60. The van der Waals surface area contributed by atoms with Crippen molar-refractivity contribution >= 4 is 17.5 Å². The summed E-state index contributed by atoms with van der Waals surface area (Å²) in [6.45, 7) is 0.00566. The van der Waals surface area contributed by atoms with Crippen LogP contribution in [0.2, 0.25) is 5.02 Å². The second-order valence-electron chi connectivity index (χ2n) is 4.16. The first-order chi connectivity index (χ1) is 10.1. The predicted molar refractivity (Wildman–Crippen MR) is 76.3 cm³/mol. The molecule has 4 nitrogen and oxygen atoms in total. The summed E-state index contributed by atoms with van der Waals surface area (Å²) in [4.78, 5) is 16.5. The molecule has 2 aromatic rings. The quantitative estimate of drug-likeness (QED) is 0.834. The van der Waals surface area contributed by atoms with Crippen molar-refractivity contribution in [3.05, 3.63) is 64.9 Å². The van der Waals surface area contributed by atoms with E-state index in [2.05, 4.69) is 5.48 Å². The first kappa shape index (κ1) is 15.3. The van der Waals surface area contributed by atoms with Gasteiger partial charge >= 0.3 is 0 Å². The van der Waals surface area contributed by atoms with Gasteiger partial charge in [0.15, 0.2) is 6.61 Å². The van der Waals surface area contributed by atoms with Gasteiger partial charge in [-0.2, -0.15) is 0 Å². The summed E-state index contributed by atoms with van der Waals surface area (Å²) in [6.07, 6.45) is 0. The molecular weight excluding hydrogens is 297 g/mol. The van der Waals surface area contributed by atoms with Crippen molar-refractivity contribution in [1.29, 1.82) is 0 Å². The molecule has 6 heteroatoms. The van der Waals surface area contributed by atoms with Crippen LogP contribution in [0.5, 0.6) is 5.75 Å². The number of hydrogen-bond acceptors (Lipinski definition) is 3. The van der Waals surface area contributed by atoms with E-state index in [1.165, 1.54) is 18.2 Å². The molecule has 110 valence electrons. The van der Waals surface area contributed by atoms with Gasteiger partial charge in [0.25, 0.3) is 5.91 Å². The first-order valence-corrected chi connectivity index (χ1v) is 6.55. The van der Waals surface area contributed by atoms with Crippen molar-refractivity contribution < 1.29 is 18.8 Å². The van der Waals surface area contributed by atoms with E-state index in [4.69, 9.17) is 21.2 Å². The average molecular weight is 310 g/mol. The van der Waals surface area contributed by atoms with Gasteiger partial charge in [-0.15, -0.1) is 0 Å². The summed E-state index contributed by atoms with van der Waals surface area (Å²) in [5.74, 6) is -0.689. The normalized spacial score (nSPS) is 10.2. The van der Waals surface area contributed by atoms with Crippen molar-refractivity contribution in [2.24, 2.45) is 0 Å². The van der Waals surface area contributed by atoms with Crippen LogP contribution in [0.25, 0.3) is 0 Å². The first-order valence-electron chi connectivity index (χ1n) is 6.17. The highest BCUT2D eigenvalue weighted by Crippen LogP contribution is 2.20. The van der Waals surface area contributed by atoms with Gasteiger partial charge in [-0.1, -0.05) is 41.9 Å². The lowest BCUT2D eigenvalue weighted by atomic mass is 10.2. The van der Waals surface area contributed by atoms with Crippen molar-refractivity contribution in [1.82, 2.24) is 5.48 Å². The van der Waals surface area contributed by atoms with Crippen LogP contribution >= 0.6 is 11.6 Å². The smallest absolute Gasteiger partial charge is 0.281 e. The standard InChI is InChI=1S/C15H13ClFNO3/c16-13-8-12(6-7-14(13)17)20-10-15(19)18-21-9-11-4-2-1-3-5-11/h1-8H,9-10H2,(H,18,19). The second-order valence-corrected chi connectivity index (χ2v) is 4.57. The SMILES string of the molecule is O=C(COc1ccc(F)c(Cl)c1)NOCc1ccccc1. The predicted octanol–water partition coefficient (Wildman–Crippen LogP) is 3.11. The van der Waals surface area contributed by atoms with Gasteiger partial charge in [0, 0.05) is 6.07 Å². The van der Waals surface area contributed by atoms with Crippen LogP contribution in [0.15, 0.2) is 48.5 Å². The number of hydrogen-bond donors (Lipinski definition) is 1. The Kier molecular flexibility index (Phi) is 5.54. The fourth-order valence-electron chi connectivity index (χ4n) is 1.52. The lowest BCUT2D eigenvalue weighted by Gasteiger charge is -2.08. The number of carbonyl (C=O) groups is 1. The molecule has 2 rings (SSSR count). The minimum absolute atomic E-state index is 0.0618. The lowest BCUT2D eigenvalue weighted by Crippen LogP contribution is -2.28. The van der Waals surface area contributed by atoms with Crippen molar-refractivity contribution in [2.45, 2.75) is 6.61 Å². The third kappa shape index (κ3) is 5.06. The molecule has 1 amide bonds. The summed E-state index contributed by atoms with van der Waals surface area (Å²) in [6, 6.07) is 13.3. The molecule has 0 aromatic heterocycles. The van der Waals surface area contributed by atoms with Crippen LogP contribution < -0.4 is 10.2 Å². The number of ether oxygens (including phenoxy) is 1. The molecule has 0 aliphatic heterocycles. The molecule has 0 aliphatic rings. The average Bonchev–Trinajstić information content (AvgIpc) is 2.49. The third-order valence-electron chi connectivity index (χ3n) is 2.53. The Morgan fingerprint density at radius 2 is 1.95 bits per heavy atom. The Balaban J connectivity index is 1.71. The summed E-state index contributed by atoms with van der Waals surface area (Å²) in [5, 5.41) is -0.0618. The highest BCUT2D eigenvalue weighted by atomic mass is 35.5. The third-order valence-corrected chi connectivity index (χ3v) is 2.82. The van der Waals surface area contributed by atoms with Gasteiger partial charge in [0.2, 0.25) is 0 Å². The Bertz CT molecular complexity index is 607. The van der Waals surface area contributed by atoms with Crippen LogP contribution in [0, 0.1) is 5.82 Å². The molecule has 0 aliphatic carbocycles. The van der Waals surface area contributed by atoms with Gasteiger partial charge in [-0.3, -0.25) is 9.63 Å². The van der Waals surface area contributed by atoms with Gasteiger partial charge in [-0.25, -0.2) is 9.87 Å². The molecule has 21 heavy (non-hydrogen) atoms. The fourth-order valence-corrected chi connectivity index (χ4v) is 1.69. The minimum Gasteiger partial charge on any atom is -0.484 e. The number of benzene rings is 2. The van der Waals surface area contributed by atoms with E-state index < -0.39 is 11.7 Å². The molecule has 0 unspecified atom stereocenters. The maximum Gasteiger partial charge on any atom is 0.281 e. The topological polar surface area (TPSA) is 47.6 Å². The maximum atomic E-state index is 12.9. The number of amides is 1. The van der Waals surface area contributed by atoms with Crippen LogP contribution in [0.3, 0.4) is 0 Å². The fraction of sp³-hybridized carbons (Fsp3) is 0.133. The largest absolute Gasteiger partial charge is 0.484 e. The van der Waals surface area contributed by atoms with E-state index >= 15 is 0 Å². The number of hydroxylamine groups is 1. The minimum atomic E-state index is -0.542. The molecule has 0 bridgehead atoms. The monoisotopic (exact) mass is 309 g/mol. The summed E-state index contributed by atoms with van der Waals surface area (Å²) in [7, 11) is 0. The van der Waals surface area contributed by atoms with Crippen molar-refractivity contribution in [3.8, 4) is 5.75 Å². The van der Waals surface area contributed by atoms with E-state index in [0.29, 0.717) is 5.75 Å². The summed E-state index contributed by atoms with van der Waals surface area (Å²) < 4.78 is 18.1. The molecule has 0 heterocycles. The lowest BCUT2D eigenvalue weighted by molar-refractivity contribution is -0.136. The van der Waals surface area contributed by atoms with E-state index in [9.17, 15) is 9.18 Å². The van der Waals surface area contributed by atoms with Crippen LogP contribution in [0.4, 0.5) is 4.39 Å². The van der Waals surface area contributed by atoms with Crippen LogP contribution in [-0.2, 0) is 16.2 Å². The Morgan fingerprint density at radius 1 is 1.19 bits per heavy atom. The van der Waals surface area contributed by atoms with Crippen LogP contribution in [0.1, 0.15) is 5.56 Å². The maximum absolute atomic E-state index is 12.9. The van der Waals surface area contributed by atoms with Crippen molar-refractivity contribution in [2.75, 3.05) is 6.61 Å². The van der Waals surface area contributed by atoms with Crippen LogP contribution in [-0.4, -0.2) is 12.5 Å². The zero-order valence-electron chi connectivity index (χ0n) is 11.0.